The molecular formula is C17H24N4O3S. The van der Waals surface area contributed by atoms with Gasteiger partial charge in [0.25, 0.3) is 0 Å². The maximum absolute atomic E-state index is 11.9. The van der Waals surface area contributed by atoms with Gasteiger partial charge in [-0.3, -0.25) is 4.90 Å². The Morgan fingerprint density at radius 2 is 2.04 bits per heavy atom. The molecule has 0 N–H and O–H groups in total. The average Bonchev–Trinajstić information content (AvgIpc) is 3.24. The highest BCUT2D eigenvalue weighted by Crippen LogP contribution is 2.32. The fourth-order valence-electron chi connectivity index (χ4n) is 3.08. The van der Waals surface area contributed by atoms with Crippen molar-refractivity contribution in [3.8, 4) is 11.4 Å². The SMILES string of the molecule is CN(C)S(=O)(=O)CCCN1CCCC1c1nc(-c2ccccc2)no1. The predicted octanol–water partition coefficient (Wildman–Crippen LogP) is 2.16. The molecule has 0 bridgehead atoms. The molecule has 25 heavy (non-hydrogen) atoms. The van der Waals surface area contributed by atoms with Crippen LogP contribution in [0.4, 0.5) is 0 Å². The lowest BCUT2D eigenvalue weighted by Gasteiger charge is -2.21. The van der Waals surface area contributed by atoms with Crippen LogP contribution in [0.5, 0.6) is 0 Å². The van der Waals surface area contributed by atoms with E-state index >= 15 is 0 Å². The lowest BCUT2D eigenvalue weighted by molar-refractivity contribution is 0.208. The highest BCUT2D eigenvalue weighted by molar-refractivity contribution is 7.89. The van der Waals surface area contributed by atoms with Gasteiger partial charge in [-0.25, -0.2) is 12.7 Å². The number of likely N-dealkylation sites (tertiary alicyclic amines) is 1. The first-order chi connectivity index (χ1) is 12.0. The summed E-state index contributed by atoms with van der Waals surface area (Å²) in [6.45, 7) is 1.64. The van der Waals surface area contributed by atoms with Crippen molar-refractivity contribution in [3.63, 3.8) is 0 Å². The van der Waals surface area contributed by atoms with Gasteiger partial charge in [-0.15, -0.1) is 0 Å². The summed E-state index contributed by atoms with van der Waals surface area (Å²) in [5.41, 5.74) is 0.930. The van der Waals surface area contributed by atoms with Gasteiger partial charge in [0.05, 0.1) is 11.8 Å². The Balaban J connectivity index is 1.63. The van der Waals surface area contributed by atoms with Gasteiger partial charge in [0.1, 0.15) is 0 Å². The number of hydrogen-bond acceptors (Lipinski definition) is 6. The van der Waals surface area contributed by atoms with E-state index in [4.69, 9.17) is 4.52 Å². The molecule has 1 aromatic heterocycles. The van der Waals surface area contributed by atoms with Crippen LogP contribution < -0.4 is 0 Å². The molecule has 2 heterocycles. The lowest BCUT2D eigenvalue weighted by atomic mass is 10.2. The zero-order valence-corrected chi connectivity index (χ0v) is 15.4. The Kier molecular flexibility index (Phi) is 5.51. The number of nitrogens with zero attached hydrogens (tertiary/aromatic N) is 4. The second kappa shape index (κ2) is 7.63. The quantitative estimate of drug-likeness (QED) is 0.749. The number of benzene rings is 1. The van der Waals surface area contributed by atoms with Gasteiger partial charge in [-0.1, -0.05) is 35.5 Å². The molecule has 1 fully saturated rings. The Labute approximate surface area is 148 Å². The maximum Gasteiger partial charge on any atom is 0.244 e. The van der Waals surface area contributed by atoms with Crippen molar-refractivity contribution in [2.45, 2.75) is 25.3 Å². The minimum absolute atomic E-state index is 0.0759. The Bertz CT molecular complexity index is 789. The molecule has 1 atom stereocenters. The third kappa shape index (κ3) is 4.26. The van der Waals surface area contributed by atoms with Crippen molar-refractivity contribution in [2.24, 2.45) is 0 Å². The van der Waals surface area contributed by atoms with Crippen molar-refractivity contribution < 1.29 is 12.9 Å². The van der Waals surface area contributed by atoms with E-state index in [9.17, 15) is 8.42 Å². The van der Waals surface area contributed by atoms with Gasteiger partial charge in [-0.05, 0) is 32.4 Å². The third-order valence-corrected chi connectivity index (χ3v) is 6.44. The third-order valence-electron chi connectivity index (χ3n) is 4.53. The molecule has 8 heteroatoms. The molecule has 0 radical (unpaired) electrons. The Morgan fingerprint density at radius 1 is 1.28 bits per heavy atom. The Hall–Kier alpha value is -1.77. The molecule has 1 aliphatic heterocycles. The van der Waals surface area contributed by atoms with E-state index in [1.54, 1.807) is 14.1 Å². The number of rotatable bonds is 7. The zero-order chi connectivity index (χ0) is 17.9. The first-order valence-corrected chi connectivity index (χ1v) is 10.1. The molecule has 0 spiro atoms. The van der Waals surface area contributed by atoms with E-state index in [0.717, 1.165) is 24.9 Å². The number of aromatic nitrogens is 2. The van der Waals surface area contributed by atoms with Gasteiger partial charge in [0.2, 0.25) is 21.7 Å². The summed E-state index contributed by atoms with van der Waals surface area (Å²) < 4.78 is 30.5. The topological polar surface area (TPSA) is 79.5 Å². The van der Waals surface area contributed by atoms with E-state index in [1.807, 2.05) is 30.3 Å². The summed E-state index contributed by atoms with van der Waals surface area (Å²) in [5.74, 6) is 1.37. The summed E-state index contributed by atoms with van der Waals surface area (Å²) >= 11 is 0. The predicted molar refractivity (Wildman–Crippen MR) is 95.4 cm³/mol. The molecule has 1 saturated heterocycles. The van der Waals surface area contributed by atoms with Crippen LogP contribution in [-0.4, -0.2) is 60.7 Å². The van der Waals surface area contributed by atoms with Gasteiger partial charge in [-0.2, -0.15) is 4.98 Å². The van der Waals surface area contributed by atoms with Crippen molar-refractivity contribution in [1.82, 2.24) is 19.3 Å². The molecule has 0 aliphatic carbocycles. The summed E-state index contributed by atoms with van der Waals surface area (Å²) in [4.78, 5) is 6.80. The molecular weight excluding hydrogens is 340 g/mol. The van der Waals surface area contributed by atoms with Gasteiger partial charge in [0.15, 0.2) is 0 Å². The number of sulfonamides is 1. The summed E-state index contributed by atoms with van der Waals surface area (Å²) in [5, 5.41) is 4.09. The van der Waals surface area contributed by atoms with Crippen LogP contribution >= 0.6 is 0 Å². The molecule has 3 rings (SSSR count). The summed E-state index contributed by atoms with van der Waals surface area (Å²) in [6, 6.07) is 9.81. The van der Waals surface area contributed by atoms with Crippen LogP contribution in [-0.2, 0) is 10.0 Å². The monoisotopic (exact) mass is 364 g/mol. The Morgan fingerprint density at radius 3 is 2.76 bits per heavy atom. The van der Waals surface area contributed by atoms with Gasteiger partial charge >= 0.3 is 0 Å². The van der Waals surface area contributed by atoms with Crippen LogP contribution in [0.1, 0.15) is 31.2 Å². The molecule has 1 aliphatic rings. The molecule has 2 aromatic rings. The highest BCUT2D eigenvalue weighted by atomic mass is 32.2. The summed E-state index contributed by atoms with van der Waals surface area (Å²) in [7, 11) is -0.0147. The smallest absolute Gasteiger partial charge is 0.244 e. The molecule has 0 saturated carbocycles. The zero-order valence-electron chi connectivity index (χ0n) is 14.6. The minimum atomic E-state index is -3.15. The van der Waals surface area contributed by atoms with E-state index in [2.05, 4.69) is 15.0 Å². The maximum atomic E-state index is 11.9. The van der Waals surface area contributed by atoms with Crippen LogP contribution in [0, 0.1) is 0 Å². The second-order valence-electron chi connectivity index (χ2n) is 6.47. The average molecular weight is 364 g/mol. The van der Waals surface area contributed by atoms with E-state index in [-0.39, 0.29) is 11.8 Å². The van der Waals surface area contributed by atoms with Crippen molar-refractivity contribution in [3.05, 3.63) is 36.2 Å². The van der Waals surface area contributed by atoms with Gasteiger partial charge < -0.3 is 4.52 Å². The van der Waals surface area contributed by atoms with Crippen LogP contribution in [0.3, 0.4) is 0 Å². The van der Waals surface area contributed by atoms with Crippen LogP contribution in [0.15, 0.2) is 34.9 Å². The second-order valence-corrected chi connectivity index (χ2v) is 8.77. The normalized spacial score (nSPS) is 18.9. The molecule has 1 aromatic carbocycles. The summed E-state index contributed by atoms with van der Waals surface area (Å²) in [6.07, 6.45) is 2.60. The van der Waals surface area contributed by atoms with Crippen molar-refractivity contribution in [1.29, 1.82) is 0 Å². The van der Waals surface area contributed by atoms with Gasteiger partial charge in [0, 0.05) is 19.7 Å². The van der Waals surface area contributed by atoms with Crippen LogP contribution in [0.25, 0.3) is 11.4 Å². The minimum Gasteiger partial charge on any atom is -0.337 e. The fraction of sp³-hybridized carbons (Fsp3) is 0.529. The van der Waals surface area contributed by atoms with Crippen molar-refractivity contribution >= 4 is 10.0 Å². The largest absolute Gasteiger partial charge is 0.337 e. The molecule has 136 valence electrons. The van der Waals surface area contributed by atoms with Crippen LogP contribution in [0.2, 0.25) is 0 Å². The fourth-order valence-corrected chi connectivity index (χ4v) is 3.94. The lowest BCUT2D eigenvalue weighted by Crippen LogP contribution is -2.29. The molecule has 1 unspecified atom stereocenters. The molecule has 0 amide bonds. The van der Waals surface area contributed by atoms with E-state index in [1.165, 1.54) is 4.31 Å². The first-order valence-electron chi connectivity index (χ1n) is 8.50. The standard InChI is InChI=1S/C17H24N4O3S/c1-20(2)25(22,23)13-7-12-21-11-6-10-15(21)17-18-16(19-24-17)14-8-4-3-5-9-14/h3-5,8-9,15H,6-7,10-13H2,1-2H3. The van der Waals surface area contributed by atoms with E-state index in [0.29, 0.717) is 24.7 Å². The molecule has 7 nitrogen and oxygen atoms in total. The first kappa shape index (κ1) is 18.0. The van der Waals surface area contributed by atoms with E-state index < -0.39 is 10.0 Å². The van der Waals surface area contributed by atoms with Crippen molar-refractivity contribution in [2.75, 3.05) is 32.9 Å². The highest BCUT2D eigenvalue weighted by Gasteiger charge is 2.30. The number of hydrogen-bond donors (Lipinski definition) is 0.